The molecule has 0 aliphatic carbocycles. The maximum absolute atomic E-state index is 13.9. The highest BCUT2D eigenvalue weighted by Crippen LogP contribution is 2.25. The van der Waals surface area contributed by atoms with Gasteiger partial charge in [0, 0.05) is 24.2 Å². The van der Waals surface area contributed by atoms with Gasteiger partial charge in [0.15, 0.2) is 0 Å². The molecule has 0 saturated heterocycles. The number of carboxylic acids is 1. The second kappa shape index (κ2) is 7.22. The van der Waals surface area contributed by atoms with Crippen LogP contribution in [0.4, 0.5) is 4.39 Å². The van der Waals surface area contributed by atoms with Crippen molar-refractivity contribution in [3.8, 4) is 11.3 Å². The number of rotatable bonds is 6. The predicted octanol–water partition coefficient (Wildman–Crippen LogP) is 1.16. The summed E-state index contributed by atoms with van der Waals surface area (Å²) in [5.74, 6) is -2.38. The Kier molecular flexibility index (Phi) is 5.30. The van der Waals surface area contributed by atoms with Gasteiger partial charge in [-0.25, -0.2) is 4.39 Å². The fourth-order valence-electron chi connectivity index (χ4n) is 2.34. The van der Waals surface area contributed by atoms with Crippen molar-refractivity contribution in [1.29, 1.82) is 0 Å². The lowest BCUT2D eigenvalue weighted by Gasteiger charge is -2.11. The molecule has 2 rings (SSSR count). The number of aromatic nitrogens is 2. The van der Waals surface area contributed by atoms with Crippen LogP contribution < -0.4 is 11.1 Å². The third-order valence-electron chi connectivity index (χ3n) is 3.56. The molecule has 0 aliphatic heterocycles. The first-order valence-electron chi connectivity index (χ1n) is 7.43. The standard InChI is InChI=1S/C16H19FN4O3/c1-3-21-14(9(2)7-20-21)10-4-11(6-12(17)5-10)15(22)19-8-13(18)16(23)24/h4-7,13H,3,8,18H2,1-2H3,(H,19,22)(H,23,24)/t13-/m1/s1. The number of nitrogens with zero attached hydrogens (tertiary/aromatic N) is 2. The Bertz CT molecular complexity index is 773. The van der Waals surface area contributed by atoms with Gasteiger partial charge < -0.3 is 16.2 Å². The molecule has 1 atom stereocenters. The number of hydrogen-bond donors (Lipinski definition) is 3. The van der Waals surface area contributed by atoms with E-state index < -0.39 is 23.7 Å². The lowest BCUT2D eigenvalue weighted by molar-refractivity contribution is -0.138. The Morgan fingerprint density at radius 2 is 2.12 bits per heavy atom. The molecule has 0 fully saturated rings. The van der Waals surface area contributed by atoms with Crippen molar-refractivity contribution in [3.63, 3.8) is 0 Å². The SMILES string of the molecule is CCn1ncc(C)c1-c1cc(F)cc(C(=O)NC[C@@H](N)C(=O)O)c1. The van der Waals surface area contributed by atoms with E-state index in [2.05, 4.69) is 10.4 Å². The number of aryl methyl sites for hydroxylation is 2. The van der Waals surface area contributed by atoms with Crippen LogP contribution in [0.1, 0.15) is 22.8 Å². The summed E-state index contributed by atoms with van der Waals surface area (Å²) in [6.07, 6.45) is 1.68. The lowest BCUT2D eigenvalue weighted by atomic mass is 10.0. The number of amides is 1. The lowest BCUT2D eigenvalue weighted by Crippen LogP contribution is -2.42. The van der Waals surface area contributed by atoms with Gasteiger partial charge in [0.05, 0.1) is 11.9 Å². The minimum Gasteiger partial charge on any atom is -0.480 e. The topological polar surface area (TPSA) is 110 Å². The van der Waals surface area contributed by atoms with Gasteiger partial charge >= 0.3 is 5.97 Å². The third-order valence-corrected chi connectivity index (χ3v) is 3.56. The normalized spacial score (nSPS) is 12.0. The van der Waals surface area contributed by atoms with E-state index in [0.29, 0.717) is 12.1 Å². The number of nitrogens with two attached hydrogens (primary N) is 1. The molecule has 1 heterocycles. The molecule has 2 aromatic rings. The molecule has 128 valence electrons. The molecule has 0 radical (unpaired) electrons. The van der Waals surface area contributed by atoms with Crippen LogP contribution in [0, 0.1) is 12.7 Å². The van der Waals surface area contributed by atoms with Gasteiger partial charge in [0.1, 0.15) is 11.9 Å². The van der Waals surface area contributed by atoms with Crippen LogP contribution in [0.25, 0.3) is 11.3 Å². The largest absolute Gasteiger partial charge is 0.480 e. The summed E-state index contributed by atoms with van der Waals surface area (Å²) < 4.78 is 15.7. The molecule has 4 N–H and O–H groups in total. The van der Waals surface area contributed by atoms with E-state index in [1.54, 1.807) is 16.9 Å². The van der Waals surface area contributed by atoms with E-state index >= 15 is 0 Å². The zero-order chi connectivity index (χ0) is 17.9. The van der Waals surface area contributed by atoms with Gasteiger partial charge in [0.2, 0.25) is 0 Å². The molecule has 1 aromatic carbocycles. The number of carbonyl (C=O) groups excluding carboxylic acids is 1. The van der Waals surface area contributed by atoms with Gasteiger partial charge in [-0.1, -0.05) is 0 Å². The van der Waals surface area contributed by atoms with Crippen LogP contribution in [0.3, 0.4) is 0 Å². The predicted molar refractivity (Wildman–Crippen MR) is 86.0 cm³/mol. The number of nitrogens with one attached hydrogen (secondary N) is 1. The van der Waals surface area contributed by atoms with Gasteiger partial charge in [-0.2, -0.15) is 5.10 Å². The fourth-order valence-corrected chi connectivity index (χ4v) is 2.34. The van der Waals surface area contributed by atoms with Gasteiger partial charge in [-0.3, -0.25) is 14.3 Å². The molecule has 0 bridgehead atoms. The summed E-state index contributed by atoms with van der Waals surface area (Å²) >= 11 is 0. The van der Waals surface area contributed by atoms with Crippen molar-refractivity contribution in [3.05, 3.63) is 41.3 Å². The minimum atomic E-state index is -1.22. The van der Waals surface area contributed by atoms with Crippen molar-refractivity contribution in [2.24, 2.45) is 5.73 Å². The van der Waals surface area contributed by atoms with Crippen molar-refractivity contribution < 1.29 is 19.1 Å². The zero-order valence-corrected chi connectivity index (χ0v) is 13.4. The van der Waals surface area contributed by atoms with Gasteiger partial charge in [-0.05, 0) is 37.6 Å². The van der Waals surface area contributed by atoms with Crippen LogP contribution in [0.5, 0.6) is 0 Å². The number of carbonyl (C=O) groups is 2. The van der Waals surface area contributed by atoms with Gasteiger partial charge in [-0.15, -0.1) is 0 Å². The summed E-state index contributed by atoms with van der Waals surface area (Å²) in [4.78, 5) is 22.8. The van der Waals surface area contributed by atoms with Crippen LogP contribution in [-0.4, -0.2) is 39.4 Å². The zero-order valence-electron chi connectivity index (χ0n) is 13.4. The van der Waals surface area contributed by atoms with Crippen molar-refractivity contribution >= 4 is 11.9 Å². The molecule has 0 aliphatic rings. The highest BCUT2D eigenvalue weighted by Gasteiger charge is 2.16. The Morgan fingerprint density at radius 1 is 1.42 bits per heavy atom. The maximum atomic E-state index is 13.9. The molecule has 8 heteroatoms. The summed E-state index contributed by atoms with van der Waals surface area (Å²) in [5.41, 5.74) is 7.55. The average Bonchev–Trinajstić information content (AvgIpc) is 2.92. The molecule has 7 nitrogen and oxygen atoms in total. The summed E-state index contributed by atoms with van der Waals surface area (Å²) in [6, 6.07) is 2.75. The molecule has 1 aromatic heterocycles. The van der Waals surface area contributed by atoms with E-state index in [4.69, 9.17) is 10.8 Å². The van der Waals surface area contributed by atoms with Crippen molar-refractivity contribution in [2.45, 2.75) is 26.4 Å². The summed E-state index contributed by atoms with van der Waals surface area (Å²) in [5, 5.41) is 15.3. The van der Waals surface area contributed by atoms with Crippen LogP contribution in [0.2, 0.25) is 0 Å². The first-order valence-corrected chi connectivity index (χ1v) is 7.43. The third kappa shape index (κ3) is 3.77. The summed E-state index contributed by atoms with van der Waals surface area (Å²) in [7, 11) is 0. The molecule has 24 heavy (non-hydrogen) atoms. The second-order valence-electron chi connectivity index (χ2n) is 5.38. The Morgan fingerprint density at radius 3 is 2.75 bits per heavy atom. The van der Waals surface area contributed by atoms with E-state index in [1.807, 2.05) is 13.8 Å². The molecular weight excluding hydrogens is 315 g/mol. The number of aliphatic carboxylic acids is 1. The maximum Gasteiger partial charge on any atom is 0.322 e. The number of halogens is 1. The van der Waals surface area contributed by atoms with E-state index in [0.717, 1.165) is 17.3 Å². The minimum absolute atomic E-state index is 0.0887. The summed E-state index contributed by atoms with van der Waals surface area (Å²) in [6.45, 7) is 4.13. The first kappa shape index (κ1) is 17.6. The molecule has 0 saturated carbocycles. The molecule has 1 amide bonds. The molecular formula is C16H19FN4O3. The average molecular weight is 334 g/mol. The van der Waals surface area contributed by atoms with E-state index in [9.17, 15) is 14.0 Å². The number of benzene rings is 1. The number of hydrogen-bond acceptors (Lipinski definition) is 4. The Balaban J connectivity index is 2.30. The highest BCUT2D eigenvalue weighted by atomic mass is 19.1. The fraction of sp³-hybridized carbons (Fsp3) is 0.312. The van der Waals surface area contributed by atoms with Crippen LogP contribution >= 0.6 is 0 Å². The van der Waals surface area contributed by atoms with Gasteiger partial charge in [0.25, 0.3) is 5.91 Å². The monoisotopic (exact) mass is 334 g/mol. The smallest absolute Gasteiger partial charge is 0.322 e. The number of carboxylic acid groups (broad SMARTS) is 1. The Labute approximate surface area is 138 Å². The Hall–Kier alpha value is -2.74. The highest BCUT2D eigenvalue weighted by molar-refractivity contribution is 5.95. The van der Waals surface area contributed by atoms with Crippen LogP contribution in [0.15, 0.2) is 24.4 Å². The molecule has 0 unspecified atom stereocenters. The second-order valence-corrected chi connectivity index (χ2v) is 5.38. The first-order chi connectivity index (χ1) is 11.3. The van der Waals surface area contributed by atoms with Crippen LogP contribution in [-0.2, 0) is 11.3 Å². The van der Waals surface area contributed by atoms with Crippen molar-refractivity contribution in [1.82, 2.24) is 15.1 Å². The van der Waals surface area contributed by atoms with Crippen molar-refractivity contribution in [2.75, 3.05) is 6.54 Å². The quantitative estimate of drug-likeness (QED) is 0.734. The molecule has 0 spiro atoms. The van der Waals surface area contributed by atoms with E-state index in [1.165, 1.54) is 6.07 Å². The van der Waals surface area contributed by atoms with E-state index in [-0.39, 0.29) is 12.1 Å².